The molecule has 1 aliphatic heterocycles. The maximum absolute atomic E-state index is 13.2. The Bertz CT molecular complexity index is 967. The number of ether oxygens (including phenoxy) is 2. The van der Waals surface area contributed by atoms with E-state index in [0.29, 0.717) is 36.5 Å². The van der Waals surface area contributed by atoms with Crippen LogP contribution in [0.1, 0.15) is 32.8 Å². The van der Waals surface area contributed by atoms with Crippen LogP contribution in [-0.2, 0) is 23.9 Å². The highest BCUT2D eigenvalue weighted by molar-refractivity contribution is 8.00. The fourth-order valence-corrected chi connectivity index (χ4v) is 3.85. The van der Waals surface area contributed by atoms with Crippen molar-refractivity contribution in [3.63, 3.8) is 0 Å². The third-order valence-electron chi connectivity index (χ3n) is 4.00. The molecule has 0 radical (unpaired) electrons. The summed E-state index contributed by atoms with van der Waals surface area (Å²) < 4.78 is 23.8. The molecule has 11 heteroatoms. The number of thioether (sulfide) groups is 1. The van der Waals surface area contributed by atoms with Gasteiger partial charge in [0.2, 0.25) is 0 Å². The van der Waals surface area contributed by atoms with Gasteiger partial charge in [-0.1, -0.05) is 28.6 Å². The molecule has 2 heterocycles. The number of nitrogens with zero attached hydrogens (tertiary/aromatic N) is 2. The van der Waals surface area contributed by atoms with E-state index < -0.39 is 16.6 Å². The molecule has 0 spiro atoms. The van der Waals surface area contributed by atoms with Gasteiger partial charge in [0.25, 0.3) is 5.91 Å². The van der Waals surface area contributed by atoms with E-state index >= 15 is 0 Å². The van der Waals surface area contributed by atoms with E-state index in [1.165, 1.54) is 11.8 Å². The summed E-state index contributed by atoms with van der Waals surface area (Å²) in [5, 5.41) is 6.19. The minimum Gasteiger partial charge on any atom is -0.459 e. The molecule has 32 heavy (non-hydrogen) atoms. The predicted octanol–water partition coefficient (Wildman–Crippen LogP) is 3.86. The van der Waals surface area contributed by atoms with Gasteiger partial charge in [-0.2, -0.15) is 4.39 Å². The first-order valence-corrected chi connectivity index (χ1v) is 11.7. The molecule has 1 saturated heterocycles. The number of esters is 1. The number of carbonyl (C=O) groups excluding carboxylic acids is 2. The van der Waals surface area contributed by atoms with Gasteiger partial charge in [0.1, 0.15) is 5.60 Å². The summed E-state index contributed by atoms with van der Waals surface area (Å²) in [6.45, 7) is 6.42. The lowest BCUT2D eigenvalue weighted by atomic mass is 10.1. The van der Waals surface area contributed by atoms with Crippen molar-refractivity contribution >= 4 is 45.8 Å². The minimum atomic E-state index is -0.576. The van der Waals surface area contributed by atoms with E-state index in [-0.39, 0.29) is 28.7 Å². The molecule has 0 bridgehead atoms. The average Bonchev–Trinajstić information content (AvgIpc) is 3.38. The van der Waals surface area contributed by atoms with Gasteiger partial charge in [0.15, 0.2) is 22.1 Å². The lowest BCUT2D eigenvalue weighted by molar-refractivity contribution is -0.151. The number of nitrogens with one attached hydrogen (secondary N) is 1. The van der Waals surface area contributed by atoms with E-state index in [1.807, 2.05) is 20.8 Å². The lowest BCUT2D eigenvalue weighted by Gasteiger charge is -2.19. The average molecular weight is 482 g/mol. The zero-order valence-electron chi connectivity index (χ0n) is 17.9. The highest BCUT2D eigenvalue weighted by Crippen LogP contribution is 2.21. The molecule has 1 aliphatic rings. The van der Waals surface area contributed by atoms with Crippen molar-refractivity contribution in [2.75, 3.05) is 24.3 Å². The molecule has 3 rings (SSSR count). The Hall–Kier alpha value is -2.50. The van der Waals surface area contributed by atoms with Crippen molar-refractivity contribution < 1.29 is 28.3 Å². The van der Waals surface area contributed by atoms with Crippen molar-refractivity contribution in [2.24, 2.45) is 5.16 Å². The van der Waals surface area contributed by atoms with Crippen molar-refractivity contribution in [3.05, 3.63) is 41.2 Å². The molecule has 1 fully saturated rings. The standard InChI is InChI=1S/C21H24FN3O5S2/c1-21(2,3)29-17(26)12-31-15-6-4-13(5-7-15)18(25-30-14-8-9-28-11-14)19(27)24-20-23-10-16(22)32-20/h4-7,10,14H,8-9,11-12H2,1-3H3,(H,23,24,27)/t14-/m1/s1. The third kappa shape index (κ3) is 7.57. The number of amides is 1. The van der Waals surface area contributed by atoms with Gasteiger partial charge < -0.3 is 14.3 Å². The first-order chi connectivity index (χ1) is 15.2. The van der Waals surface area contributed by atoms with Gasteiger partial charge in [-0.05, 0) is 32.9 Å². The highest BCUT2D eigenvalue weighted by Gasteiger charge is 2.21. The molecule has 0 saturated carbocycles. The molecule has 172 valence electrons. The topological polar surface area (TPSA) is 99.1 Å². The maximum Gasteiger partial charge on any atom is 0.316 e. The second kappa shape index (κ2) is 10.9. The quantitative estimate of drug-likeness (QED) is 0.264. The Balaban J connectivity index is 1.69. The van der Waals surface area contributed by atoms with Crippen LogP contribution in [0.4, 0.5) is 9.52 Å². The van der Waals surface area contributed by atoms with Crippen LogP contribution in [0.3, 0.4) is 0 Å². The Morgan fingerprint density at radius 3 is 2.69 bits per heavy atom. The van der Waals surface area contributed by atoms with E-state index in [2.05, 4.69) is 15.5 Å². The van der Waals surface area contributed by atoms with Gasteiger partial charge >= 0.3 is 5.97 Å². The number of thiazole rings is 1. The number of benzene rings is 1. The first kappa shape index (κ1) is 24.1. The van der Waals surface area contributed by atoms with Crippen LogP contribution < -0.4 is 5.32 Å². The molecule has 1 N–H and O–H groups in total. The monoisotopic (exact) mass is 481 g/mol. The molecule has 8 nitrogen and oxygen atoms in total. The number of aromatic nitrogens is 1. The minimum absolute atomic E-state index is 0.0243. The molecule has 1 amide bonds. The van der Waals surface area contributed by atoms with Crippen molar-refractivity contribution in [2.45, 2.75) is 43.8 Å². The molecule has 0 aliphatic carbocycles. The van der Waals surface area contributed by atoms with Gasteiger partial charge in [0.05, 0.1) is 25.2 Å². The van der Waals surface area contributed by atoms with E-state index in [4.69, 9.17) is 14.3 Å². The summed E-state index contributed by atoms with van der Waals surface area (Å²) in [5.74, 6) is -0.721. The van der Waals surface area contributed by atoms with Crippen LogP contribution >= 0.6 is 23.1 Å². The number of halogens is 1. The summed E-state index contributed by atoms with van der Waals surface area (Å²) in [6.07, 6.45) is 1.47. The van der Waals surface area contributed by atoms with Crippen LogP contribution in [0.5, 0.6) is 0 Å². The molecular formula is C21H24FN3O5S2. The van der Waals surface area contributed by atoms with Crippen LogP contribution in [0.15, 0.2) is 40.5 Å². The lowest BCUT2D eigenvalue weighted by Crippen LogP contribution is -2.25. The van der Waals surface area contributed by atoms with E-state index in [9.17, 15) is 14.0 Å². The van der Waals surface area contributed by atoms with Crippen LogP contribution in [-0.4, -0.2) is 53.2 Å². The van der Waals surface area contributed by atoms with Crippen molar-refractivity contribution in [1.82, 2.24) is 4.98 Å². The number of rotatable bonds is 8. The maximum atomic E-state index is 13.2. The van der Waals surface area contributed by atoms with E-state index in [1.54, 1.807) is 24.3 Å². The number of anilines is 1. The number of carbonyl (C=O) groups is 2. The van der Waals surface area contributed by atoms with Crippen molar-refractivity contribution in [1.29, 1.82) is 0 Å². The fraction of sp³-hybridized carbons (Fsp3) is 0.429. The van der Waals surface area contributed by atoms with Crippen LogP contribution in [0.25, 0.3) is 0 Å². The van der Waals surface area contributed by atoms with Gasteiger partial charge in [-0.15, -0.1) is 11.8 Å². The van der Waals surface area contributed by atoms with E-state index in [0.717, 1.165) is 11.1 Å². The molecule has 1 aromatic carbocycles. The first-order valence-electron chi connectivity index (χ1n) is 9.89. The predicted molar refractivity (Wildman–Crippen MR) is 121 cm³/mol. The Morgan fingerprint density at radius 1 is 1.34 bits per heavy atom. The molecular weight excluding hydrogens is 457 g/mol. The molecule has 1 atom stereocenters. The Labute approximate surface area is 193 Å². The zero-order chi connectivity index (χ0) is 23.1. The third-order valence-corrected chi connectivity index (χ3v) is 5.69. The number of oxime groups is 1. The van der Waals surface area contributed by atoms with Crippen LogP contribution in [0, 0.1) is 5.13 Å². The number of hydrogen-bond donors (Lipinski definition) is 1. The summed E-state index contributed by atoms with van der Waals surface area (Å²) in [7, 11) is 0. The summed E-state index contributed by atoms with van der Waals surface area (Å²) in [6, 6.07) is 6.95. The summed E-state index contributed by atoms with van der Waals surface area (Å²) >= 11 is 2.04. The van der Waals surface area contributed by atoms with Gasteiger partial charge in [0, 0.05) is 16.9 Å². The Kier molecular flexibility index (Phi) is 8.21. The van der Waals surface area contributed by atoms with Gasteiger partial charge in [-0.3, -0.25) is 14.9 Å². The van der Waals surface area contributed by atoms with Crippen LogP contribution in [0.2, 0.25) is 0 Å². The normalized spacial score (nSPS) is 16.6. The zero-order valence-corrected chi connectivity index (χ0v) is 19.6. The molecule has 2 aromatic rings. The Morgan fingerprint density at radius 2 is 2.09 bits per heavy atom. The smallest absolute Gasteiger partial charge is 0.316 e. The summed E-state index contributed by atoms with van der Waals surface area (Å²) in [4.78, 5) is 34.8. The fourth-order valence-electron chi connectivity index (χ4n) is 2.64. The van der Waals surface area contributed by atoms with Crippen molar-refractivity contribution in [3.8, 4) is 0 Å². The largest absolute Gasteiger partial charge is 0.459 e. The molecule has 0 unspecified atom stereocenters. The summed E-state index contributed by atoms with van der Waals surface area (Å²) in [5.41, 5.74) is -0.0125. The second-order valence-corrected chi connectivity index (χ2v) is 9.88. The second-order valence-electron chi connectivity index (χ2n) is 7.85. The SMILES string of the molecule is CC(C)(C)OC(=O)CSc1ccc(C(=NO[C@@H]2CCOC2)C(=O)Nc2ncc(F)s2)cc1. The molecule has 1 aromatic heterocycles. The number of hydrogen-bond acceptors (Lipinski definition) is 9. The van der Waals surface area contributed by atoms with Gasteiger partial charge in [-0.25, -0.2) is 4.98 Å². The highest BCUT2D eigenvalue weighted by atomic mass is 32.2.